The van der Waals surface area contributed by atoms with E-state index < -0.39 is 29.3 Å². The fraction of sp³-hybridized carbons (Fsp3) is 0.571. The quantitative estimate of drug-likeness (QED) is 0.398. The Kier molecular flexibility index (Phi) is 7.56. The third-order valence-corrected chi connectivity index (χ3v) is 3.82. The molecule has 0 aliphatic carbocycles. The minimum Gasteiger partial charge on any atom is -0.468 e. The van der Waals surface area contributed by atoms with Crippen molar-refractivity contribution in [2.24, 2.45) is 11.8 Å². The Morgan fingerprint density at radius 3 is 2.50 bits per heavy atom. The number of hydrogen-bond donors (Lipinski definition) is 2. The SMILES string of the molecule is COC(=O)C(CC(C)C)C(=O)NC(=O)CSc1nnc(C)c(=O)[nH]1. The van der Waals surface area contributed by atoms with E-state index in [1.807, 2.05) is 13.8 Å². The van der Waals surface area contributed by atoms with Gasteiger partial charge in [-0.05, 0) is 19.3 Å². The summed E-state index contributed by atoms with van der Waals surface area (Å²) in [5.74, 6) is -3.11. The van der Waals surface area contributed by atoms with Crippen LogP contribution < -0.4 is 10.9 Å². The van der Waals surface area contributed by atoms with E-state index in [1.54, 1.807) is 0 Å². The molecule has 0 bridgehead atoms. The fourth-order valence-electron chi connectivity index (χ4n) is 1.76. The molecule has 1 aromatic rings. The van der Waals surface area contributed by atoms with Crippen LogP contribution in [0, 0.1) is 18.8 Å². The van der Waals surface area contributed by atoms with Crippen molar-refractivity contribution >= 4 is 29.5 Å². The Hall–Kier alpha value is -2.23. The van der Waals surface area contributed by atoms with Gasteiger partial charge in [0.25, 0.3) is 5.56 Å². The van der Waals surface area contributed by atoms with Crippen LogP contribution in [0.2, 0.25) is 0 Å². The number of hydrogen-bond acceptors (Lipinski definition) is 8. The Labute approximate surface area is 143 Å². The third-order valence-electron chi connectivity index (χ3n) is 2.95. The number of amides is 2. The van der Waals surface area contributed by atoms with Gasteiger partial charge < -0.3 is 4.74 Å². The van der Waals surface area contributed by atoms with Crippen molar-refractivity contribution in [3.63, 3.8) is 0 Å². The van der Waals surface area contributed by atoms with Gasteiger partial charge in [0.15, 0.2) is 5.16 Å². The molecule has 2 amide bonds. The molecular formula is C14H20N4O5S. The highest BCUT2D eigenvalue weighted by Gasteiger charge is 2.29. The number of rotatable bonds is 7. The minimum absolute atomic E-state index is 0.0808. The molecule has 1 rings (SSSR count). The fourth-order valence-corrected chi connectivity index (χ4v) is 2.37. The van der Waals surface area contributed by atoms with E-state index in [0.717, 1.165) is 11.8 Å². The summed E-state index contributed by atoms with van der Waals surface area (Å²) in [6, 6.07) is 0. The van der Waals surface area contributed by atoms with Crippen LogP contribution in [-0.4, -0.2) is 45.8 Å². The zero-order valence-electron chi connectivity index (χ0n) is 13.9. The van der Waals surface area contributed by atoms with E-state index in [9.17, 15) is 19.2 Å². The second-order valence-electron chi connectivity index (χ2n) is 5.45. The number of carbonyl (C=O) groups is 3. The standard InChI is InChI=1S/C14H20N4O5S/c1-7(2)5-9(13(22)23-4)12(21)15-10(19)6-24-14-16-11(20)8(3)17-18-14/h7,9H,5-6H2,1-4H3,(H,15,19,21)(H,16,18,20). The Morgan fingerprint density at radius 2 is 1.96 bits per heavy atom. The lowest BCUT2D eigenvalue weighted by Gasteiger charge is -2.15. The maximum Gasteiger partial charge on any atom is 0.318 e. The van der Waals surface area contributed by atoms with E-state index >= 15 is 0 Å². The zero-order chi connectivity index (χ0) is 18.3. The number of carbonyl (C=O) groups excluding carboxylic acids is 3. The lowest BCUT2D eigenvalue weighted by atomic mass is 9.96. The lowest BCUT2D eigenvalue weighted by molar-refractivity contribution is -0.151. The normalized spacial score (nSPS) is 11.9. The number of aryl methyl sites for hydroxylation is 1. The molecule has 10 heteroatoms. The molecule has 0 aliphatic heterocycles. The summed E-state index contributed by atoms with van der Waals surface area (Å²) in [7, 11) is 1.19. The zero-order valence-corrected chi connectivity index (χ0v) is 14.7. The van der Waals surface area contributed by atoms with Crippen molar-refractivity contribution in [1.82, 2.24) is 20.5 Å². The average molecular weight is 356 g/mol. The molecule has 1 heterocycles. The Bertz CT molecular complexity index is 673. The van der Waals surface area contributed by atoms with Crippen LogP contribution in [0.3, 0.4) is 0 Å². The van der Waals surface area contributed by atoms with Crippen LogP contribution in [0.4, 0.5) is 0 Å². The van der Waals surface area contributed by atoms with Gasteiger partial charge in [-0.15, -0.1) is 10.2 Å². The molecule has 1 aromatic heterocycles. The van der Waals surface area contributed by atoms with Gasteiger partial charge in [0.1, 0.15) is 11.6 Å². The topological polar surface area (TPSA) is 131 Å². The van der Waals surface area contributed by atoms with Gasteiger partial charge in [0, 0.05) is 0 Å². The number of nitrogens with zero attached hydrogens (tertiary/aromatic N) is 2. The number of esters is 1. The summed E-state index contributed by atoms with van der Waals surface area (Å²) in [6.45, 7) is 5.22. The molecular weight excluding hydrogens is 336 g/mol. The van der Waals surface area contributed by atoms with Gasteiger partial charge in [-0.1, -0.05) is 25.6 Å². The second-order valence-corrected chi connectivity index (χ2v) is 6.42. The molecule has 9 nitrogen and oxygen atoms in total. The average Bonchev–Trinajstić information content (AvgIpc) is 2.52. The number of imide groups is 1. The van der Waals surface area contributed by atoms with Crippen LogP contribution in [0.5, 0.6) is 0 Å². The van der Waals surface area contributed by atoms with E-state index in [2.05, 4.69) is 25.2 Å². The van der Waals surface area contributed by atoms with Crippen molar-refractivity contribution in [1.29, 1.82) is 0 Å². The summed E-state index contributed by atoms with van der Waals surface area (Å²) in [6.07, 6.45) is 0.273. The maximum atomic E-state index is 12.1. The number of thioether (sulfide) groups is 1. The van der Waals surface area contributed by atoms with Gasteiger partial charge in [0.2, 0.25) is 11.8 Å². The highest BCUT2D eigenvalue weighted by atomic mass is 32.2. The van der Waals surface area contributed by atoms with Crippen molar-refractivity contribution in [2.75, 3.05) is 12.9 Å². The predicted molar refractivity (Wildman–Crippen MR) is 86.2 cm³/mol. The summed E-state index contributed by atoms with van der Waals surface area (Å²) >= 11 is 0.924. The summed E-state index contributed by atoms with van der Waals surface area (Å²) in [5, 5.41) is 9.69. The number of methoxy groups -OCH3 is 1. The first-order valence-electron chi connectivity index (χ1n) is 7.22. The Balaban J connectivity index is 2.61. The second kappa shape index (κ2) is 9.16. The summed E-state index contributed by atoms with van der Waals surface area (Å²) in [5.41, 5.74) is -0.180. The van der Waals surface area contributed by atoms with E-state index in [0.29, 0.717) is 0 Å². The van der Waals surface area contributed by atoms with Crippen LogP contribution >= 0.6 is 11.8 Å². The first kappa shape index (κ1) is 19.8. The molecule has 1 atom stereocenters. The number of H-pyrrole nitrogens is 1. The molecule has 0 spiro atoms. The Morgan fingerprint density at radius 1 is 1.29 bits per heavy atom. The largest absolute Gasteiger partial charge is 0.468 e. The van der Waals surface area contributed by atoms with Gasteiger partial charge in [0.05, 0.1) is 12.9 Å². The number of nitrogens with one attached hydrogen (secondary N) is 2. The number of aromatic nitrogens is 3. The summed E-state index contributed by atoms with van der Waals surface area (Å²) in [4.78, 5) is 49.4. The van der Waals surface area contributed by atoms with E-state index in [4.69, 9.17) is 0 Å². The summed E-state index contributed by atoms with van der Waals surface area (Å²) < 4.78 is 4.60. The lowest BCUT2D eigenvalue weighted by Crippen LogP contribution is -2.41. The molecule has 0 aromatic carbocycles. The first-order chi connectivity index (χ1) is 11.2. The molecule has 1 unspecified atom stereocenters. The van der Waals surface area contributed by atoms with E-state index in [1.165, 1.54) is 14.0 Å². The molecule has 0 saturated carbocycles. The molecule has 0 radical (unpaired) electrons. The molecule has 132 valence electrons. The highest BCUT2D eigenvalue weighted by molar-refractivity contribution is 7.99. The molecule has 0 fully saturated rings. The van der Waals surface area contributed by atoms with Crippen LogP contribution in [0.1, 0.15) is 26.0 Å². The van der Waals surface area contributed by atoms with Crippen LogP contribution in [0.15, 0.2) is 9.95 Å². The van der Waals surface area contributed by atoms with Crippen LogP contribution in [0.25, 0.3) is 0 Å². The van der Waals surface area contributed by atoms with Crippen molar-refractivity contribution in [3.05, 3.63) is 16.0 Å². The predicted octanol–water partition coefficient (Wildman–Crippen LogP) is 0.0435. The van der Waals surface area contributed by atoms with E-state index in [-0.39, 0.29) is 28.9 Å². The maximum absolute atomic E-state index is 12.1. The highest BCUT2D eigenvalue weighted by Crippen LogP contribution is 2.14. The molecule has 2 N–H and O–H groups in total. The van der Waals surface area contributed by atoms with Crippen molar-refractivity contribution in [3.8, 4) is 0 Å². The number of ether oxygens (including phenoxy) is 1. The monoisotopic (exact) mass is 356 g/mol. The molecule has 0 saturated heterocycles. The first-order valence-corrected chi connectivity index (χ1v) is 8.21. The minimum atomic E-state index is -1.04. The van der Waals surface area contributed by atoms with Gasteiger partial charge >= 0.3 is 5.97 Å². The van der Waals surface area contributed by atoms with Crippen molar-refractivity contribution in [2.45, 2.75) is 32.3 Å². The van der Waals surface area contributed by atoms with Gasteiger partial charge in [-0.25, -0.2) is 0 Å². The molecule has 0 aliphatic rings. The van der Waals surface area contributed by atoms with Gasteiger partial charge in [-0.3, -0.25) is 29.5 Å². The third kappa shape index (κ3) is 6.11. The van der Waals surface area contributed by atoms with Crippen LogP contribution in [-0.2, 0) is 19.1 Å². The number of aromatic amines is 1. The van der Waals surface area contributed by atoms with Crippen molar-refractivity contribution < 1.29 is 19.1 Å². The molecule has 24 heavy (non-hydrogen) atoms. The smallest absolute Gasteiger partial charge is 0.318 e. The van der Waals surface area contributed by atoms with Gasteiger partial charge in [-0.2, -0.15) is 0 Å².